The van der Waals surface area contributed by atoms with Gasteiger partial charge in [0.25, 0.3) is 0 Å². The van der Waals surface area contributed by atoms with Gasteiger partial charge in [0.2, 0.25) is 5.82 Å². The van der Waals surface area contributed by atoms with E-state index in [-0.39, 0.29) is 11.5 Å². The van der Waals surface area contributed by atoms with Crippen molar-refractivity contribution in [3.63, 3.8) is 0 Å². The third-order valence-corrected chi connectivity index (χ3v) is 3.93. The van der Waals surface area contributed by atoms with Gasteiger partial charge in [-0.2, -0.15) is 0 Å². The quantitative estimate of drug-likeness (QED) is 0.608. The lowest BCUT2D eigenvalue weighted by Gasteiger charge is -2.25. The summed E-state index contributed by atoms with van der Waals surface area (Å²) in [5.74, 6) is 0.724. The van der Waals surface area contributed by atoms with E-state index in [4.69, 9.17) is 5.73 Å². The van der Waals surface area contributed by atoms with Crippen LogP contribution in [0, 0.1) is 10.1 Å². The Labute approximate surface area is 110 Å². The highest BCUT2D eigenvalue weighted by atomic mass is 16.6. The molecular weight excluding hydrogens is 246 g/mol. The van der Waals surface area contributed by atoms with Gasteiger partial charge in [0.1, 0.15) is 5.82 Å². The number of hydrogen-bond donors (Lipinski definition) is 2. The van der Waals surface area contributed by atoms with Gasteiger partial charge in [-0.3, -0.25) is 10.1 Å². The minimum absolute atomic E-state index is 0.00938. The van der Waals surface area contributed by atoms with E-state index in [1.54, 1.807) is 6.07 Å². The molecule has 19 heavy (non-hydrogen) atoms. The molecule has 7 nitrogen and oxygen atoms in total. The summed E-state index contributed by atoms with van der Waals surface area (Å²) in [6, 6.07) is 4.22. The van der Waals surface area contributed by atoms with Crippen LogP contribution in [-0.2, 0) is 0 Å². The standard InChI is InChI=1S/C12H17N5O2/c13-12-10(17(18)19)3-4-11(15-12)16-6-5-8-1-2-9(7-16)14-8/h3-4,8-9,14H,1-2,5-7H2,(H2,13,15). The van der Waals surface area contributed by atoms with Crippen molar-refractivity contribution in [3.05, 3.63) is 22.2 Å². The van der Waals surface area contributed by atoms with Crippen molar-refractivity contribution >= 4 is 17.3 Å². The molecule has 0 aromatic carbocycles. The molecule has 0 saturated carbocycles. The van der Waals surface area contributed by atoms with Crippen molar-refractivity contribution in [1.29, 1.82) is 0 Å². The van der Waals surface area contributed by atoms with Gasteiger partial charge in [0.15, 0.2) is 0 Å². The maximum atomic E-state index is 10.7. The van der Waals surface area contributed by atoms with Crippen LogP contribution < -0.4 is 16.0 Å². The van der Waals surface area contributed by atoms with Crippen LogP contribution in [0.2, 0.25) is 0 Å². The van der Waals surface area contributed by atoms with Gasteiger partial charge in [-0.1, -0.05) is 0 Å². The van der Waals surface area contributed by atoms with E-state index in [0.717, 1.165) is 25.3 Å². The lowest BCUT2D eigenvalue weighted by Crippen LogP contribution is -2.35. The maximum absolute atomic E-state index is 10.7. The Bertz CT molecular complexity index is 507. The van der Waals surface area contributed by atoms with Crippen molar-refractivity contribution in [2.45, 2.75) is 31.3 Å². The number of fused-ring (bicyclic) bond motifs is 2. The van der Waals surface area contributed by atoms with Gasteiger partial charge in [0, 0.05) is 31.2 Å². The number of anilines is 2. The van der Waals surface area contributed by atoms with E-state index in [9.17, 15) is 10.1 Å². The third kappa shape index (κ3) is 2.33. The lowest BCUT2D eigenvalue weighted by molar-refractivity contribution is -0.384. The molecule has 0 amide bonds. The normalized spacial score (nSPS) is 26.2. The Morgan fingerprint density at radius 3 is 2.89 bits per heavy atom. The van der Waals surface area contributed by atoms with Crippen molar-refractivity contribution < 1.29 is 4.92 Å². The average molecular weight is 263 g/mol. The van der Waals surface area contributed by atoms with Crippen LogP contribution in [0.3, 0.4) is 0 Å². The van der Waals surface area contributed by atoms with E-state index < -0.39 is 4.92 Å². The van der Waals surface area contributed by atoms with E-state index in [0.29, 0.717) is 12.1 Å². The van der Waals surface area contributed by atoms with Gasteiger partial charge in [-0.15, -0.1) is 0 Å². The predicted octanol–water partition coefficient (Wildman–Crippen LogP) is 0.903. The van der Waals surface area contributed by atoms with E-state index in [1.807, 2.05) is 0 Å². The molecule has 1 aromatic heterocycles. The Kier molecular flexibility index (Phi) is 2.98. The molecule has 2 aliphatic rings. The lowest BCUT2D eigenvalue weighted by atomic mass is 10.1. The summed E-state index contributed by atoms with van der Waals surface area (Å²) < 4.78 is 0. The van der Waals surface area contributed by atoms with Gasteiger partial charge in [-0.25, -0.2) is 4.98 Å². The van der Waals surface area contributed by atoms with Crippen LogP contribution in [0.1, 0.15) is 19.3 Å². The first kappa shape index (κ1) is 12.2. The molecule has 2 bridgehead atoms. The number of hydrogen-bond acceptors (Lipinski definition) is 6. The van der Waals surface area contributed by atoms with Crippen LogP contribution in [-0.4, -0.2) is 35.1 Å². The van der Waals surface area contributed by atoms with E-state index in [2.05, 4.69) is 15.2 Å². The zero-order valence-electron chi connectivity index (χ0n) is 10.6. The highest BCUT2D eigenvalue weighted by molar-refractivity contribution is 5.58. The Balaban J connectivity index is 1.82. The molecular formula is C12H17N5O2. The van der Waals surface area contributed by atoms with Crippen molar-refractivity contribution in [3.8, 4) is 0 Å². The topological polar surface area (TPSA) is 97.3 Å². The molecule has 3 rings (SSSR count). The zero-order valence-corrected chi connectivity index (χ0v) is 10.6. The molecule has 2 aliphatic heterocycles. The van der Waals surface area contributed by atoms with Crippen molar-refractivity contribution in [2.75, 3.05) is 23.7 Å². The van der Waals surface area contributed by atoms with Crippen LogP contribution in [0.15, 0.2) is 12.1 Å². The summed E-state index contributed by atoms with van der Waals surface area (Å²) in [6.07, 6.45) is 3.51. The Hall–Kier alpha value is -1.89. The first-order chi connectivity index (χ1) is 9.13. The number of aromatic nitrogens is 1. The summed E-state index contributed by atoms with van der Waals surface area (Å²) in [6.45, 7) is 1.80. The third-order valence-electron chi connectivity index (χ3n) is 3.93. The minimum Gasteiger partial charge on any atom is -0.378 e. The number of pyridine rings is 1. The fraction of sp³-hybridized carbons (Fsp3) is 0.583. The summed E-state index contributed by atoms with van der Waals surface area (Å²) >= 11 is 0. The van der Waals surface area contributed by atoms with Crippen LogP contribution in [0.4, 0.5) is 17.3 Å². The Morgan fingerprint density at radius 1 is 1.37 bits per heavy atom. The SMILES string of the molecule is Nc1nc(N2CCC3CCC(C2)N3)ccc1[N+](=O)[O-]. The van der Waals surface area contributed by atoms with E-state index >= 15 is 0 Å². The number of nitro groups is 1. The molecule has 2 saturated heterocycles. The molecule has 1 aromatic rings. The van der Waals surface area contributed by atoms with Gasteiger partial charge in [-0.05, 0) is 25.3 Å². The molecule has 2 fully saturated rings. The monoisotopic (exact) mass is 263 g/mol. The molecule has 3 N–H and O–H groups in total. The number of nitrogen functional groups attached to an aromatic ring is 1. The number of nitrogens with two attached hydrogens (primary N) is 1. The number of nitrogens with one attached hydrogen (secondary N) is 1. The summed E-state index contributed by atoms with van der Waals surface area (Å²) in [5.41, 5.74) is 5.52. The highest BCUT2D eigenvalue weighted by Crippen LogP contribution is 2.27. The zero-order chi connectivity index (χ0) is 13.4. The minimum atomic E-state index is -0.502. The highest BCUT2D eigenvalue weighted by Gasteiger charge is 2.30. The van der Waals surface area contributed by atoms with Gasteiger partial charge >= 0.3 is 5.69 Å². The smallest absolute Gasteiger partial charge is 0.311 e. The molecule has 0 aliphatic carbocycles. The van der Waals surface area contributed by atoms with Crippen LogP contribution in [0.25, 0.3) is 0 Å². The molecule has 7 heteroatoms. The molecule has 0 radical (unpaired) electrons. The second-order valence-corrected chi connectivity index (χ2v) is 5.20. The summed E-state index contributed by atoms with van der Waals surface area (Å²) in [4.78, 5) is 16.6. The summed E-state index contributed by atoms with van der Waals surface area (Å²) in [5, 5.41) is 14.3. The van der Waals surface area contributed by atoms with Crippen LogP contribution >= 0.6 is 0 Å². The van der Waals surface area contributed by atoms with Gasteiger partial charge in [0.05, 0.1) is 4.92 Å². The Morgan fingerprint density at radius 2 is 2.16 bits per heavy atom. The number of rotatable bonds is 2. The fourth-order valence-electron chi connectivity index (χ4n) is 2.94. The summed E-state index contributed by atoms with van der Waals surface area (Å²) in [7, 11) is 0. The van der Waals surface area contributed by atoms with Gasteiger partial charge < -0.3 is 16.0 Å². The average Bonchev–Trinajstić information content (AvgIpc) is 2.68. The maximum Gasteiger partial charge on any atom is 0.311 e. The van der Waals surface area contributed by atoms with Crippen molar-refractivity contribution in [1.82, 2.24) is 10.3 Å². The number of nitrogens with zero attached hydrogens (tertiary/aromatic N) is 3. The molecule has 3 heterocycles. The van der Waals surface area contributed by atoms with Crippen LogP contribution in [0.5, 0.6) is 0 Å². The van der Waals surface area contributed by atoms with Crippen molar-refractivity contribution in [2.24, 2.45) is 0 Å². The second kappa shape index (κ2) is 4.65. The second-order valence-electron chi connectivity index (χ2n) is 5.20. The fourth-order valence-corrected chi connectivity index (χ4v) is 2.94. The molecule has 0 spiro atoms. The van der Waals surface area contributed by atoms with E-state index in [1.165, 1.54) is 18.9 Å². The molecule has 2 unspecified atom stereocenters. The molecule has 102 valence electrons. The first-order valence-corrected chi connectivity index (χ1v) is 6.55. The largest absolute Gasteiger partial charge is 0.378 e. The first-order valence-electron chi connectivity index (χ1n) is 6.55. The molecule has 2 atom stereocenters. The predicted molar refractivity (Wildman–Crippen MR) is 72.1 cm³/mol.